The predicted octanol–water partition coefficient (Wildman–Crippen LogP) is 3.95. The lowest BCUT2D eigenvalue weighted by Crippen LogP contribution is -2.12. The number of halogens is 4. The van der Waals surface area contributed by atoms with Crippen LogP contribution in [0.25, 0.3) is 0 Å². The van der Waals surface area contributed by atoms with E-state index in [-0.39, 0.29) is 11.5 Å². The second-order valence-corrected chi connectivity index (χ2v) is 3.22. The average Bonchev–Trinajstić information content (AvgIpc) is 2.12. The van der Waals surface area contributed by atoms with Crippen LogP contribution in [0.15, 0.2) is 34.4 Å². The quantitative estimate of drug-likeness (QED) is 0.566. The van der Waals surface area contributed by atoms with Crippen LogP contribution in [0.2, 0.25) is 0 Å². The van der Waals surface area contributed by atoms with Crippen molar-refractivity contribution in [3.63, 3.8) is 0 Å². The summed E-state index contributed by atoms with van der Waals surface area (Å²) >= 11 is 5.48. The maximum Gasteiger partial charge on any atom is 0.414 e. The van der Waals surface area contributed by atoms with Crippen molar-refractivity contribution in [2.45, 2.75) is 19.5 Å². The molecule has 0 saturated carbocycles. The van der Waals surface area contributed by atoms with E-state index in [2.05, 4.69) is 0 Å². The Morgan fingerprint density at radius 1 is 1.31 bits per heavy atom. The van der Waals surface area contributed by atoms with Gasteiger partial charge in [0.15, 0.2) is 0 Å². The van der Waals surface area contributed by atoms with E-state index in [0.717, 1.165) is 5.57 Å². The summed E-state index contributed by atoms with van der Waals surface area (Å²) < 4.78 is 36.9. The standard InChI is InChI=1S/C9H8ClF3/c1-6-2-4-7(9(11,12)13)8(10)5-3-6/h2-3,5H,4H2,1H3. The molecule has 0 atom stereocenters. The molecule has 0 aromatic heterocycles. The molecule has 0 N–H and O–H groups in total. The average molecular weight is 209 g/mol. The van der Waals surface area contributed by atoms with E-state index in [1.54, 1.807) is 13.0 Å². The van der Waals surface area contributed by atoms with E-state index in [4.69, 9.17) is 11.6 Å². The number of alkyl halides is 3. The normalized spacial score (nSPS) is 18.7. The maximum absolute atomic E-state index is 12.3. The first kappa shape index (κ1) is 10.4. The molecule has 0 fully saturated rings. The van der Waals surface area contributed by atoms with Gasteiger partial charge in [-0.2, -0.15) is 13.2 Å². The Morgan fingerprint density at radius 3 is 2.46 bits per heavy atom. The second kappa shape index (κ2) is 3.58. The zero-order valence-electron chi connectivity index (χ0n) is 6.95. The summed E-state index contributed by atoms with van der Waals surface area (Å²) in [6, 6.07) is 0. The lowest BCUT2D eigenvalue weighted by Gasteiger charge is -2.09. The molecule has 0 aliphatic heterocycles. The third kappa shape index (κ3) is 2.62. The van der Waals surface area contributed by atoms with Crippen LogP contribution in [0, 0.1) is 0 Å². The van der Waals surface area contributed by atoms with Gasteiger partial charge in [-0.25, -0.2) is 0 Å². The Kier molecular flexibility index (Phi) is 2.86. The minimum atomic E-state index is -4.33. The minimum absolute atomic E-state index is 0.152. The molecule has 0 radical (unpaired) electrons. The topological polar surface area (TPSA) is 0 Å². The number of hydrogen-bond acceptors (Lipinski definition) is 0. The van der Waals surface area contributed by atoms with Gasteiger partial charge in [0.1, 0.15) is 0 Å². The molecule has 0 nitrogen and oxygen atoms in total. The largest absolute Gasteiger partial charge is 0.414 e. The summed E-state index contributed by atoms with van der Waals surface area (Å²) in [6.07, 6.45) is -0.122. The van der Waals surface area contributed by atoms with Crippen molar-refractivity contribution in [3.8, 4) is 0 Å². The monoisotopic (exact) mass is 208 g/mol. The molecule has 1 aliphatic carbocycles. The van der Waals surface area contributed by atoms with Gasteiger partial charge in [-0.05, 0) is 19.4 Å². The predicted molar refractivity (Wildman–Crippen MR) is 46.4 cm³/mol. The number of rotatable bonds is 0. The lowest BCUT2D eigenvalue weighted by molar-refractivity contribution is -0.0931. The summed E-state index contributed by atoms with van der Waals surface area (Å²) in [5.41, 5.74) is 0.111. The van der Waals surface area contributed by atoms with E-state index in [0.29, 0.717) is 0 Å². The van der Waals surface area contributed by atoms with Crippen molar-refractivity contribution < 1.29 is 13.2 Å². The van der Waals surface area contributed by atoms with Crippen LogP contribution in [0.5, 0.6) is 0 Å². The Balaban J connectivity index is 3.04. The molecule has 4 heteroatoms. The molecule has 1 rings (SSSR count). The molecule has 0 unspecified atom stereocenters. The Labute approximate surface area is 79.4 Å². The highest BCUT2D eigenvalue weighted by molar-refractivity contribution is 6.31. The molecule has 0 aromatic carbocycles. The smallest absolute Gasteiger partial charge is 0.166 e. The van der Waals surface area contributed by atoms with Crippen LogP contribution in [-0.2, 0) is 0 Å². The Hall–Kier alpha value is -0.700. The second-order valence-electron chi connectivity index (χ2n) is 2.81. The van der Waals surface area contributed by atoms with Gasteiger partial charge < -0.3 is 0 Å². The summed E-state index contributed by atoms with van der Waals surface area (Å²) in [7, 11) is 0. The van der Waals surface area contributed by atoms with Gasteiger partial charge in [-0.3, -0.25) is 0 Å². The van der Waals surface area contributed by atoms with Gasteiger partial charge in [-0.15, -0.1) is 0 Å². The van der Waals surface area contributed by atoms with Crippen LogP contribution in [0.4, 0.5) is 13.2 Å². The van der Waals surface area contributed by atoms with Crippen LogP contribution < -0.4 is 0 Å². The summed E-state index contributed by atoms with van der Waals surface area (Å²) in [6.45, 7) is 1.74. The van der Waals surface area contributed by atoms with Crippen LogP contribution in [0.1, 0.15) is 13.3 Å². The van der Waals surface area contributed by atoms with Gasteiger partial charge >= 0.3 is 6.18 Å². The fraction of sp³-hybridized carbons (Fsp3) is 0.333. The van der Waals surface area contributed by atoms with Gasteiger partial charge in [0.05, 0.1) is 5.57 Å². The third-order valence-corrected chi connectivity index (χ3v) is 2.11. The van der Waals surface area contributed by atoms with Gasteiger partial charge in [0.2, 0.25) is 0 Å². The van der Waals surface area contributed by atoms with E-state index < -0.39 is 11.7 Å². The third-order valence-electron chi connectivity index (χ3n) is 1.75. The van der Waals surface area contributed by atoms with Gasteiger partial charge in [0.25, 0.3) is 0 Å². The molecule has 0 saturated heterocycles. The van der Waals surface area contributed by atoms with Gasteiger partial charge in [0, 0.05) is 5.03 Å². The van der Waals surface area contributed by atoms with E-state index >= 15 is 0 Å². The minimum Gasteiger partial charge on any atom is -0.166 e. The number of hydrogen-bond donors (Lipinski definition) is 0. The molecule has 0 spiro atoms. The molecular weight excluding hydrogens is 201 g/mol. The first-order valence-electron chi connectivity index (χ1n) is 3.72. The zero-order valence-corrected chi connectivity index (χ0v) is 7.71. The molecule has 72 valence electrons. The lowest BCUT2D eigenvalue weighted by atomic mass is 10.1. The maximum atomic E-state index is 12.3. The van der Waals surface area contributed by atoms with Crippen LogP contribution in [-0.4, -0.2) is 6.18 Å². The van der Waals surface area contributed by atoms with Gasteiger partial charge in [-0.1, -0.05) is 29.3 Å². The van der Waals surface area contributed by atoms with Crippen LogP contribution in [0.3, 0.4) is 0 Å². The Bertz CT molecular complexity index is 294. The summed E-state index contributed by atoms with van der Waals surface area (Å²) in [4.78, 5) is 0. The highest BCUT2D eigenvalue weighted by Crippen LogP contribution is 2.34. The van der Waals surface area contributed by atoms with Crippen molar-refractivity contribution in [1.82, 2.24) is 0 Å². The molecule has 13 heavy (non-hydrogen) atoms. The number of allylic oxidation sites excluding steroid dienone is 6. The Morgan fingerprint density at radius 2 is 1.92 bits per heavy atom. The fourth-order valence-corrected chi connectivity index (χ4v) is 1.23. The van der Waals surface area contributed by atoms with Crippen molar-refractivity contribution >= 4 is 11.6 Å². The first-order valence-corrected chi connectivity index (χ1v) is 4.10. The molecule has 0 bridgehead atoms. The van der Waals surface area contributed by atoms with E-state index in [1.165, 1.54) is 12.2 Å². The first-order chi connectivity index (χ1) is 5.91. The molecular formula is C9H8ClF3. The molecule has 0 heterocycles. The van der Waals surface area contributed by atoms with E-state index in [1.807, 2.05) is 0 Å². The summed E-state index contributed by atoms with van der Waals surface area (Å²) in [5.74, 6) is 0. The molecule has 0 aromatic rings. The summed E-state index contributed by atoms with van der Waals surface area (Å²) in [5, 5.41) is -0.222. The van der Waals surface area contributed by atoms with Crippen LogP contribution >= 0.6 is 11.6 Å². The van der Waals surface area contributed by atoms with Crippen molar-refractivity contribution in [2.24, 2.45) is 0 Å². The van der Waals surface area contributed by atoms with Crippen molar-refractivity contribution in [3.05, 3.63) is 34.4 Å². The highest BCUT2D eigenvalue weighted by atomic mass is 35.5. The SMILES string of the molecule is CC1=CCC(C(F)(F)F)=C(Cl)C=C1. The highest BCUT2D eigenvalue weighted by Gasteiger charge is 2.34. The zero-order chi connectivity index (χ0) is 10.1. The fourth-order valence-electron chi connectivity index (χ4n) is 0.985. The van der Waals surface area contributed by atoms with E-state index in [9.17, 15) is 13.2 Å². The molecule has 1 aliphatic rings. The van der Waals surface area contributed by atoms with Crippen molar-refractivity contribution in [1.29, 1.82) is 0 Å². The molecule has 0 amide bonds. The van der Waals surface area contributed by atoms with Crippen molar-refractivity contribution in [2.75, 3.05) is 0 Å².